The lowest BCUT2D eigenvalue weighted by Gasteiger charge is -2.21. The van der Waals surface area contributed by atoms with Crippen molar-refractivity contribution < 1.29 is 8.83 Å². The molecule has 0 spiro atoms. The fraction of sp³-hybridized carbons (Fsp3) is 0.133. The van der Waals surface area contributed by atoms with Crippen LogP contribution in [0.25, 0.3) is 83.2 Å². The van der Waals surface area contributed by atoms with Gasteiger partial charge in [0.15, 0.2) is 0 Å². The highest BCUT2D eigenvalue weighted by Crippen LogP contribution is 2.41. The number of para-hydroxylation sites is 3. The lowest BCUT2D eigenvalue weighted by molar-refractivity contribution is 0.669. The third kappa shape index (κ3) is 4.70. The summed E-state index contributed by atoms with van der Waals surface area (Å²) in [6.07, 6.45) is 3.98. The molecule has 9 rings (SSSR count). The average molecular weight is 637 g/mol. The molecule has 0 radical (unpaired) electrons. The molecule has 9 aromatic rings. The Labute approximate surface area is 285 Å². The van der Waals surface area contributed by atoms with Gasteiger partial charge < -0.3 is 8.83 Å². The van der Waals surface area contributed by atoms with Crippen LogP contribution in [0.15, 0.2) is 143 Å². The zero-order valence-corrected chi connectivity index (χ0v) is 28.1. The van der Waals surface area contributed by atoms with Crippen molar-refractivity contribution in [2.45, 2.75) is 39.5 Å². The van der Waals surface area contributed by atoms with Crippen LogP contribution in [0.1, 0.15) is 50.7 Å². The molecular formula is C45H36N2O2. The van der Waals surface area contributed by atoms with E-state index < -0.39 is 0 Å². The van der Waals surface area contributed by atoms with E-state index in [2.05, 4.69) is 154 Å². The van der Waals surface area contributed by atoms with E-state index in [-0.39, 0.29) is 0 Å². The van der Waals surface area contributed by atoms with E-state index in [0.29, 0.717) is 11.8 Å². The summed E-state index contributed by atoms with van der Waals surface area (Å²) in [7, 11) is 0. The molecule has 0 atom stereocenters. The van der Waals surface area contributed by atoms with E-state index in [1.54, 1.807) is 0 Å². The number of imidazole rings is 1. The lowest BCUT2D eigenvalue weighted by Crippen LogP contribution is -2.07. The number of rotatable bonds is 6. The maximum Gasteiger partial charge on any atom is 0.148 e. The maximum absolute atomic E-state index is 6.75. The van der Waals surface area contributed by atoms with Crippen LogP contribution in [-0.4, -0.2) is 9.55 Å². The zero-order chi connectivity index (χ0) is 33.2. The lowest BCUT2D eigenvalue weighted by atomic mass is 9.92. The highest BCUT2D eigenvalue weighted by molar-refractivity contribution is 6.12. The zero-order valence-electron chi connectivity index (χ0n) is 28.1. The van der Waals surface area contributed by atoms with E-state index in [4.69, 9.17) is 13.8 Å². The van der Waals surface area contributed by atoms with Crippen LogP contribution in [0.5, 0.6) is 0 Å². The van der Waals surface area contributed by atoms with Crippen molar-refractivity contribution in [1.82, 2.24) is 9.55 Å². The van der Waals surface area contributed by atoms with E-state index in [9.17, 15) is 0 Å². The monoisotopic (exact) mass is 636 g/mol. The third-order valence-electron chi connectivity index (χ3n) is 9.88. The summed E-state index contributed by atoms with van der Waals surface area (Å²) in [4.78, 5) is 4.92. The smallest absolute Gasteiger partial charge is 0.148 e. The van der Waals surface area contributed by atoms with Crippen molar-refractivity contribution in [2.75, 3.05) is 0 Å². The molecule has 0 aliphatic carbocycles. The molecule has 238 valence electrons. The van der Waals surface area contributed by atoms with Crippen molar-refractivity contribution in [2.24, 2.45) is 0 Å². The van der Waals surface area contributed by atoms with Gasteiger partial charge in [-0.1, -0.05) is 119 Å². The summed E-state index contributed by atoms with van der Waals surface area (Å²) in [6.45, 7) is 9.02. The second-order valence-electron chi connectivity index (χ2n) is 13.6. The highest BCUT2D eigenvalue weighted by Gasteiger charge is 2.22. The van der Waals surface area contributed by atoms with Gasteiger partial charge in [0.1, 0.15) is 28.2 Å². The van der Waals surface area contributed by atoms with E-state index in [0.717, 1.165) is 77.5 Å². The number of nitrogens with zero attached hydrogens (tertiary/aromatic N) is 2. The Balaban J connectivity index is 1.17. The maximum atomic E-state index is 6.75. The number of furan rings is 2. The minimum Gasteiger partial charge on any atom is -0.455 e. The van der Waals surface area contributed by atoms with E-state index >= 15 is 0 Å². The number of aromatic nitrogens is 2. The molecule has 0 N–H and O–H groups in total. The van der Waals surface area contributed by atoms with Gasteiger partial charge in [-0.05, 0) is 70.0 Å². The predicted octanol–water partition coefficient (Wildman–Crippen LogP) is 12.9. The molecule has 0 unspecified atom stereocenters. The summed E-state index contributed by atoms with van der Waals surface area (Å²) in [5.41, 5.74) is 12.8. The molecule has 3 aromatic heterocycles. The van der Waals surface area contributed by atoms with E-state index in [1.807, 2.05) is 12.3 Å². The minimum absolute atomic E-state index is 0.370. The first-order valence-electron chi connectivity index (χ1n) is 17.1. The van der Waals surface area contributed by atoms with Crippen LogP contribution in [0, 0.1) is 0 Å². The first-order valence-corrected chi connectivity index (χ1v) is 17.1. The molecular weight excluding hydrogens is 601 g/mol. The van der Waals surface area contributed by atoms with Crippen molar-refractivity contribution in [1.29, 1.82) is 0 Å². The molecule has 0 aliphatic heterocycles. The molecule has 0 amide bonds. The van der Waals surface area contributed by atoms with Crippen molar-refractivity contribution in [3.8, 4) is 39.3 Å². The normalized spacial score (nSPS) is 12.0. The average Bonchev–Trinajstić information content (AvgIpc) is 3.86. The van der Waals surface area contributed by atoms with Gasteiger partial charge in [0.05, 0.1) is 11.3 Å². The fourth-order valence-electron chi connectivity index (χ4n) is 7.45. The second-order valence-corrected chi connectivity index (χ2v) is 13.6. The van der Waals surface area contributed by atoms with Crippen molar-refractivity contribution in [3.05, 3.63) is 145 Å². The van der Waals surface area contributed by atoms with Crippen LogP contribution >= 0.6 is 0 Å². The van der Waals surface area contributed by atoms with Gasteiger partial charge in [-0.25, -0.2) is 4.98 Å². The predicted molar refractivity (Wildman–Crippen MR) is 203 cm³/mol. The number of hydrogen-bond donors (Lipinski definition) is 0. The standard InChI is InChI=1S/C45H36N2O2/c1-27(2)32-13-8-14-33(28(3)4)42(32)47-24-23-46-45(47)38-18-10-16-36-35-21-19-31(26-41(35)49-44(36)38)30-20-22-40-39(25-30)37-17-9-15-34(43(37)48-40)29-11-6-5-7-12-29/h5-28H,1-4H3. The van der Waals surface area contributed by atoms with E-state index in [1.165, 1.54) is 16.8 Å². The molecule has 0 fully saturated rings. The summed E-state index contributed by atoms with van der Waals surface area (Å²) in [6, 6.07) is 42.8. The van der Waals surface area contributed by atoms with Crippen LogP contribution in [0.2, 0.25) is 0 Å². The number of hydrogen-bond acceptors (Lipinski definition) is 3. The molecule has 0 bridgehead atoms. The Bertz CT molecular complexity index is 2640. The highest BCUT2D eigenvalue weighted by atomic mass is 16.3. The quantitative estimate of drug-likeness (QED) is 0.182. The van der Waals surface area contributed by atoms with Crippen LogP contribution in [0.3, 0.4) is 0 Å². The Morgan fingerprint density at radius 3 is 1.90 bits per heavy atom. The Morgan fingerprint density at radius 2 is 1.14 bits per heavy atom. The largest absolute Gasteiger partial charge is 0.455 e. The second kappa shape index (κ2) is 11.4. The Morgan fingerprint density at radius 1 is 0.510 bits per heavy atom. The van der Waals surface area contributed by atoms with Gasteiger partial charge in [0.25, 0.3) is 0 Å². The number of fused-ring (bicyclic) bond motifs is 6. The molecule has 0 aliphatic rings. The van der Waals surface area contributed by atoms with Crippen molar-refractivity contribution in [3.63, 3.8) is 0 Å². The van der Waals surface area contributed by atoms with Crippen LogP contribution < -0.4 is 0 Å². The van der Waals surface area contributed by atoms with Gasteiger partial charge in [-0.3, -0.25) is 4.57 Å². The summed E-state index contributed by atoms with van der Waals surface area (Å²) in [5, 5.41) is 4.39. The first-order chi connectivity index (χ1) is 24.0. The molecule has 4 nitrogen and oxygen atoms in total. The topological polar surface area (TPSA) is 44.1 Å². The molecule has 3 heterocycles. The minimum atomic E-state index is 0.370. The molecule has 49 heavy (non-hydrogen) atoms. The van der Waals surface area contributed by atoms with Crippen LogP contribution in [-0.2, 0) is 0 Å². The first kappa shape index (κ1) is 29.3. The number of benzene rings is 6. The Hall–Kier alpha value is -5.87. The fourth-order valence-corrected chi connectivity index (χ4v) is 7.45. The van der Waals surface area contributed by atoms with Gasteiger partial charge in [-0.2, -0.15) is 0 Å². The molecule has 6 aromatic carbocycles. The molecule has 0 saturated carbocycles. The van der Waals surface area contributed by atoms with Gasteiger partial charge in [0, 0.05) is 39.5 Å². The molecule has 4 heteroatoms. The van der Waals surface area contributed by atoms with Gasteiger partial charge >= 0.3 is 0 Å². The van der Waals surface area contributed by atoms with Gasteiger partial charge in [0.2, 0.25) is 0 Å². The Kier molecular flexibility index (Phi) is 6.80. The summed E-state index contributed by atoms with van der Waals surface area (Å²) in [5.74, 6) is 1.62. The summed E-state index contributed by atoms with van der Waals surface area (Å²) < 4.78 is 15.5. The summed E-state index contributed by atoms with van der Waals surface area (Å²) >= 11 is 0. The van der Waals surface area contributed by atoms with Gasteiger partial charge in [-0.15, -0.1) is 0 Å². The third-order valence-corrected chi connectivity index (χ3v) is 9.88. The van der Waals surface area contributed by atoms with Crippen molar-refractivity contribution >= 4 is 43.9 Å². The van der Waals surface area contributed by atoms with Crippen LogP contribution in [0.4, 0.5) is 0 Å². The SMILES string of the molecule is CC(C)c1cccc(C(C)C)c1-n1ccnc1-c1cccc2c1oc1cc(-c3ccc4oc5c(-c6ccccc6)cccc5c4c3)ccc12. The molecule has 0 saturated heterocycles.